The fourth-order valence-electron chi connectivity index (χ4n) is 4.24. The van der Waals surface area contributed by atoms with Crippen LogP contribution in [-0.2, 0) is 29.1 Å². The zero-order chi connectivity index (χ0) is 20.4. The van der Waals surface area contributed by atoms with E-state index in [1.54, 1.807) is 13.1 Å². The zero-order valence-corrected chi connectivity index (χ0v) is 17.2. The van der Waals surface area contributed by atoms with Crippen LogP contribution in [0.1, 0.15) is 61.4 Å². The van der Waals surface area contributed by atoms with E-state index in [0.717, 1.165) is 55.0 Å². The molecule has 154 valence electrons. The molecule has 2 aliphatic rings. The van der Waals surface area contributed by atoms with Crippen molar-refractivity contribution in [2.75, 3.05) is 13.1 Å². The Morgan fingerprint density at radius 2 is 2.10 bits per heavy atom. The van der Waals surface area contributed by atoms with Crippen molar-refractivity contribution in [3.8, 4) is 0 Å². The summed E-state index contributed by atoms with van der Waals surface area (Å²) in [7, 11) is 0. The molecule has 1 atom stereocenters. The standard InChI is InChI=1S/C21H28N6O2/c1-15-6-9-23-27(15)12-8-20(29)26-10-4-3-5-19(26)21-22-13-17-14-25(16(2)28)11-7-18(17)24-21/h6,9,13,19H,3-5,7-8,10-12,14H2,1-2H3/t19-/m0/s1. The van der Waals surface area contributed by atoms with E-state index < -0.39 is 0 Å². The minimum atomic E-state index is -0.0638. The highest BCUT2D eigenvalue weighted by Gasteiger charge is 2.31. The van der Waals surface area contributed by atoms with E-state index in [9.17, 15) is 9.59 Å². The monoisotopic (exact) mass is 396 g/mol. The van der Waals surface area contributed by atoms with Gasteiger partial charge >= 0.3 is 0 Å². The number of hydrogen-bond acceptors (Lipinski definition) is 5. The number of rotatable bonds is 4. The van der Waals surface area contributed by atoms with Gasteiger partial charge in [0, 0.05) is 69.6 Å². The van der Waals surface area contributed by atoms with E-state index in [2.05, 4.69) is 10.1 Å². The molecule has 2 amide bonds. The smallest absolute Gasteiger partial charge is 0.225 e. The average Bonchev–Trinajstić information content (AvgIpc) is 3.16. The average molecular weight is 396 g/mol. The summed E-state index contributed by atoms with van der Waals surface area (Å²) in [4.78, 5) is 37.8. The summed E-state index contributed by atoms with van der Waals surface area (Å²) in [6, 6.07) is 1.88. The largest absolute Gasteiger partial charge is 0.338 e. The first kappa shape index (κ1) is 19.5. The van der Waals surface area contributed by atoms with Gasteiger partial charge in [-0.1, -0.05) is 0 Å². The summed E-state index contributed by atoms with van der Waals surface area (Å²) in [5, 5.41) is 4.27. The highest BCUT2D eigenvalue weighted by atomic mass is 16.2. The third-order valence-electron chi connectivity index (χ3n) is 5.99. The van der Waals surface area contributed by atoms with Gasteiger partial charge in [-0.15, -0.1) is 0 Å². The lowest BCUT2D eigenvalue weighted by Crippen LogP contribution is -2.40. The molecule has 0 radical (unpaired) electrons. The second-order valence-corrected chi connectivity index (χ2v) is 7.94. The SMILES string of the molecule is CC(=O)N1CCc2nc([C@@H]3CCCCN3C(=O)CCn3nccc3C)ncc2C1. The Morgan fingerprint density at radius 1 is 1.24 bits per heavy atom. The lowest BCUT2D eigenvalue weighted by atomic mass is 10.00. The summed E-state index contributed by atoms with van der Waals surface area (Å²) in [6.07, 6.45) is 7.76. The molecule has 2 aromatic rings. The molecule has 0 aliphatic carbocycles. The number of nitrogens with zero attached hydrogens (tertiary/aromatic N) is 6. The number of hydrogen-bond donors (Lipinski definition) is 0. The molecule has 8 nitrogen and oxygen atoms in total. The number of aromatic nitrogens is 4. The number of carbonyl (C=O) groups is 2. The fraction of sp³-hybridized carbons (Fsp3) is 0.571. The normalized spacial score (nSPS) is 19.2. The molecule has 0 bridgehead atoms. The maximum atomic E-state index is 13.0. The Kier molecular flexibility index (Phi) is 5.60. The molecular formula is C21H28N6O2. The number of piperidine rings is 1. The topological polar surface area (TPSA) is 84.2 Å². The van der Waals surface area contributed by atoms with Crippen LogP contribution in [0.15, 0.2) is 18.5 Å². The van der Waals surface area contributed by atoms with Crippen LogP contribution in [0.4, 0.5) is 0 Å². The Morgan fingerprint density at radius 3 is 2.86 bits per heavy atom. The molecule has 8 heteroatoms. The number of fused-ring (bicyclic) bond motifs is 1. The molecule has 0 unspecified atom stereocenters. The van der Waals surface area contributed by atoms with Gasteiger partial charge < -0.3 is 9.80 Å². The van der Waals surface area contributed by atoms with Gasteiger partial charge in [-0.2, -0.15) is 5.10 Å². The summed E-state index contributed by atoms with van der Waals surface area (Å²) in [5.41, 5.74) is 3.08. The second-order valence-electron chi connectivity index (χ2n) is 7.94. The van der Waals surface area contributed by atoms with Crippen molar-refractivity contribution < 1.29 is 9.59 Å². The molecule has 0 saturated carbocycles. The molecule has 0 spiro atoms. The van der Waals surface area contributed by atoms with Crippen molar-refractivity contribution in [3.63, 3.8) is 0 Å². The Hall–Kier alpha value is -2.77. The molecule has 1 saturated heterocycles. The molecule has 4 heterocycles. The Balaban J connectivity index is 1.48. The van der Waals surface area contributed by atoms with Gasteiger partial charge in [0.05, 0.1) is 11.7 Å². The Bertz CT molecular complexity index is 908. The summed E-state index contributed by atoms with van der Waals surface area (Å²) >= 11 is 0. The van der Waals surface area contributed by atoms with Crippen LogP contribution in [0.25, 0.3) is 0 Å². The minimum absolute atomic E-state index is 0.0638. The van der Waals surface area contributed by atoms with Crippen LogP contribution in [0.5, 0.6) is 0 Å². The van der Waals surface area contributed by atoms with E-state index in [1.165, 1.54) is 0 Å². The second kappa shape index (κ2) is 8.31. The van der Waals surface area contributed by atoms with Crippen LogP contribution in [0, 0.1) is 6.92 Å². The summed E-state index contributed by atoms with van der Waals surface area (Å²) in [5.74, 6) is 0.952. The third kappa shape index (κ3) is 4.16. The highest BCUT2D eigenvalue weighted by molar-refractivity contribution is 5.76. The van der Waals surface area contributed by atoms with Crippen molar-refractivity contribution in [1.82, 2.24) is 29.5 Å². The van der Waals surface area contributed by atoms with Crippen molar-refractivity contribution in [2.24, 2.45) is 0 Å². The van der Waals surface area contributed by atoms with E-state index in [4.69, 9.17) is 4.98 Å². The molecule has 2 aromatic heterocycles. The first-order valence-electron chi connectivity index (χ1n) is 10.4. The maximum absolute atomic E-state index is 13.0. The summed E-state index contributed by atoms with van der Waals surface area (Å²) < 4.78 is 1.87. The molecule has 4 rings (SSSR count). The van der Waals surface area contributed by atoms with Gasteiger partial charge in [0.2, 0.25) is 11.8 Å². The van der Waals surface area contributed by atoms with Gasteiger partial charge in [0.25, 0.3) is 0 Å². The summed E-state index contributed by atoms with van der Waals surface area (Å²) in [6.45, 7) is 6.19. The number of likely N-dealkylation sites (tertiary alicyclic amines) is 1. The molecule has 2 aliphatic heterocycles. The van der Waals surface area contributed by atoms with Crippen LogP contribution in [0.3, 0.4) is 0 Å². The van der Waals surface area contributed by atoms with Gasteiger partial charge in [-0.05, 0) is 32.3 Å². The molecule has 0 aromatic carbocycles. The van der Waals surface area contributed by atoms with Gasteiger partial charge in [0.1, 0.15) is 0 Å². The lowest BCUT2D eigenvalue weighted by molar-refractivity contribution is -0.135. The number of aryl methyl sites for hydroxylation is 2. The molecule has 29 heavy (non-hydrogen) atoms. The van der Waals surface area contributed by atoms with Gasteiger partial charge in [0.15, 0.2) is 5.82 Å². The van der Waals surface area contributed by atoms with Crippen LogP contribution >= 0.6 is 0 Å². The lowest BCUT2D eigenvalue weighted by Gasteiger charge is -2.35. The number of amides is 2. The first-order chi connectivity index (χ1) is 14.0. The fourth-order valence-corrected chi connectivity index (χ4v) is 4.24. The van der Waals surface area contributed by atoms with Crippen LogP contribution in [-0.4, -0.2) is 54.5 Å². The van der Waals surface area contributed by atoms with Crippen molar-refractivity contribution in [2.45, 2.75) is 65.1 Å². The minimum Gasteiger partial charge on any atom is -0.338 e. The highest BCUT2D eigenvalue weighted by Crippen LogP contribution is 2.30. The predicted octanol–water partition coefficient (Wildman–Crippen LogP) is 2.03. The Labute approximate surface area is 170 Å². The third-order valence-corrected chi connectivity index (χ3v) is 5.99. The van der Waals surface area contributed by atoms with Crippen molar-refractivity contribution in [3.05, 3.63) is 41.2 Å². The van der Waals surface area contributed by atoms with Crippen molar-refractivity contribution in [1.29, 1.82) is 0 Å². The maximum Gasteiger partial charge on any atom is 0.225 e. The molecular weight excluding hydrogens is 368 g/mol. The van der Waals surface area contributed by atoms with E-state index in [-0.39, 0.29) is 17.9 Å². The van der Waals surface area contributed by atoms with Crippen LogP contribution in [0.2, 0.25) is 0 Å². The predicted molar refractivity (Wildman–Crippen MR) is 107 cm³/mol. The van der Waals surface area contributed by atoms with Gasteiger partial charge in [-0.25, -0.2) is 9.97 Å². The quantitative estimate of drug-likeness (QED) is 0.790. The van der Waals surface area contributed by atoms with E-state index in [1.807, 2.05) is 33.7 Å². The van der Waals surface area contributed by atoms with E-state index in [0.29, 0.717) is 26.1 Å². The first-order valence-corrected chi connectivity index (χ1v) is 10.4. The number of carbonyl (C=O) groups excluding carboxylic acids is 2. The van der Waals surface area contributed by atoms with Crippen molar-refractivity contribution >= 4 is 11.8 Å². The van der Waals surface area contributed by atoms with Crippen LogP contribution < -0.4 is 0 Å². The molecule has 1 fully saturated rings. The van der Waals surface area contributed by atoms with E-state index >= 15 is 0 Å². The molecule has 0 N–H and O–H groups in total. The zero-order valence-electron chi connectivity index (χ0n) is 17.2. The van der Waals surface area contributed by atoms with Gasteiger partial charge in [-0.3, -0.25) is 14.3 Å².